The molecule has 176 valence electrons. The first-order chi connectivity index (χ1) is 15.0. The van der Waals surface area contributed by atoms with Crippen molar-refractivity contribution in [2.75, 3.05) is 26.2 Å². The number of likely N-dealkylation sites (tertiary alicyclic amines) is 1. The number of aromatic nitrogens is 2. The lowest BCUT2D eigenvalue weighted by molar-refractivity contribution is -0.185. The van der Waals surface area contributed by atoms with Gasteiger partial charge in [0.2, 0.25) is 0 Å². The number of alkyl halides is 3. The van der Waals surface area contributed by atoms with E-state index in [1.807, 2.05) is 23.1 Å². The summed E-state index contributed by atoms with van der Waals surface area (Å²) in [6, 6.07) is 2.61. The van der Waals surface area contributed by atoms with Crippen molar-refractivity contribution in [2.45, 2.75) is 83.0 Å². The van der Waals surface area contributed by atoms with Crippen LogP contribution < -0.4 is 5.32 Å². The van der Waals surface area contributed by atoms with Crippen LogP contribution in [-0.2, 0) is 6.54 Å². The van der Waals surface area contributed by atoms with Crippen molar-refractivity contribution in [3.8, 4) is 0 Å². The molecular formula is C24H39F3N4. The number of rotatable bonds is 7. The summed E-state index contributed by atoms with van der Waals surface area (Å²) in [5.41, 5.74) is 0. The Morgan fingerprint density at radius 3 is 2.06 bits per heavy atom. The standard InChI is InChI=1S/C24H39F3N4/c25-24(26,27)22-8-6-21(7-9-22)20-4-2-19(3-5-20)18-28-23-10-14-30(15-11-23)16-17-31-13-1-12-29-31/h1,12-13,19-23,28H,2-11,14-18H2. The minimum atomic E-state index is -3.98. The first-order valence-corrected chi connectivity index (χ1v) is 12.5. The third-order valence-corrected chi connectivity index (χ3v) is 8.28. The van der Waals surface area contributed by atoms with Gasteiger partial charge in [0.05, 0.1) is 12.5 Å². The number of hydrogen-bond acceptors (Lipinski definition) is 3. The highest BCUT2D eigenvalue weighted by molar-refractivity contribution is 4.85. The van der Waals surface area contributed by atoms with Crippen LogP contribution in [0.2, 0.25) is 0 Å². The smallest absolute Gasteiger partial charge is 0.314 e. The molecule has 0 spiro atoms. The molecule has 0 bridgehead atoms. The molecule has 0 amide bonds. The van der Waals surface area contributed by atoms with E-state index in [-0.39, 0.29) is 0 Å². The largest absolute Gasteiger partial charge is 0.391 e. The van der Waals surface area contributed by atoms with Crippen LogP contribution in [0.3, 0.4) is 0 Å². The summed E-state index contributed by atoms with van der Waals surface area (Å²) in [5.74, 6) is 0.920. The molecule has 1 N–H and O–H groups in total. The van der Waals surface area contributed by atoms with E-state index in [0.29, 0.717) is 30.7 Å². The van der Waals surface area contributed by atoms with Crippen LogP contribution in [0, 0.1) is 23.7 Å². The fourth-order valence-electron chi connectivity index (χ4n) is 6.15. The molecule has 1 aliphatic heterocycles. The maximum Gasteiger partial charge on any atom is 0.391 e. The van der Waals surface area contributed by atoms with Gasteiger partial charge in [-0.15, -0.1) is 0 Å². The second-order valence-corrected chi connectivity index (χ2v) is 10.2. The van der Waals surface area contributed by atoms with Crippen LogP contribution in [-0.4, -0.2) is 53.1 Å². The lowest BCUT2D eigenvalue weighted by Gasteiger charge is -2.39. The van der Waals surface area contributed by atoms with E-state index in [9.17, 15) is 13.2 Å². The molecule has 1 aromatic heterocycles. The van der Waals surface area contributed by atoms with Crippen molar-refractivity contribution < 1.29 is 13.2 Å². The fraction of sp³-hybridized carbons (Fsp3) is 0.875. The summed E-state index contributed by atoms with van der Waals surface area (Å²) in [5, 5.41) is 8.11. The van der Waals surface area contributed by atoms with E-state index in [2.05, 4.69) is 15.3 Å². The van der Waals surface area contributed by atoms with Crippen molar-refractivity contribution in [3.63, 3.8) is 0 Å². The molecule has 2 heterocycles. The number of nitrogens with one attached hydrogen (secondary N) is 1. The number of halogens is 3. The molecule has 7 heteroatoms. The van der Waals surface area contributed by atoms with Crippen molar-refractivity contribution >= 4 is 0 Å². The second-order valence-electron chi connectivity index (χ2n) is 10.2. The fourth-order valence-corrected chi connectivity index (χ4v) is 6.15. The summed E-state index contributed by atoms with van der Waals surface area (Å²) in [4.78, 5) is 2.54. The highest BCUT2D eigenvalue weighted by Gasteiger charge is 2.42. The Morgan fingerprint density at radius 1 is 0.839 bits per heavy atom. The van der Waals surface area contributed by atoms with Crippen LogP contribution in [0.5, 0.6) is 0 Å². The van der Waals surface area contributed by atoms with Crippen LogP contribution in [0.4, 0.5) is 13.2 Å². The molecular weight excluding hydrogens is 401 g/mol. The quantitative estimate of drug-likeness (QED) is 0.639. The average molecular weight is 441 g/mol. The summed E-state index contributed by atoms with van der Waals surface area (Å²) < 4.78 is 40.7. The lowest BCUT2D eigenvalue weighted by atomic mass is 9.69. The zero-order valence-electron chi connectivity index (χ0n) is 18.7. The van der Waals surface area contributed by atoms with E-state index >= 15 is 0 Å². The van der Waals surface area contributed by atoms with Crippen molar-refractivity contribution in [1.82, 2.24) is 20.0 Å². The van der Waals surface area contributed by atoms with E-state index in [1.165, 1.54) is 38.5 Å². The molecule has 2 saturated carbocycles. The molecule has 0 unspecified atom stereocenters. The summed E-state index contributed by atoms with van der Waals surface area (Å²) in [6.45, 7) is 5.47. The second kappa shape index (κ2) is 10.7. The molecule has 2 aliphatic carbocycles. The summed E-state index contributed by atoms with van der Waals surface area (Å²) in [6.07, 6.45) is 9.55. The van der Waals surface area contributed by atoms with Gasteiger partial charge < -0.3 is 10.2 Å². The van der Waals surface area contributed by atoms with Crippen LogP contribution in [0.15, 0.2) is 18.5 Å². The van der Waals surface area contributed by atoms with Gasteiger partial charge in [-0.1, -0.05) is 0 Å². The molecule has 0 radical (unpaired) electrons. The topological polar surface area (TPSA) is 33.1 Å². The Labute approximate surface area is 184 Å². The Hall–Kier alpha value is -1.08. The minimum absolute atomic E-state index is 0.357. The van der Waals surface area contributed by atoms with Gasteiger partial charge in [-0.2, -0.15) is 18.3 Å². The molecule has 0 atom stereocenters. The van der Waals surface area contributed by atoms with Crippen LogP contribution >= 0.6 is 0 Å². The van der Waals surface area contributed by atoms with Crippen molar-refractivity contribution in [3.05, 3.63) is 18.5 Å². The zero-order chi connectivity index (χ0) is 21.7. The molecule has 4 nitrogen and oxygen atoms in total. The van der Waals surface area contributed by atoms with Gasteiger partial charge in [-0.05, 0) is 108 Å². The van der Waals surface area contributed by atoms with Gasteiger partial charge in [0.25, 0.3) is 0 Å². The summed E-state index contributed by atoms with van der Waals surface area (Å²) in [7, 11) is 0. The van der Waals surface area contributed by atoms with E-state index in [1.54, 1.807) is 0 Å². The van der Waals surface area contributed by atoms with Gasteiger partial charge in [0.15, 0.2) is 0 Å². The van der Waals surface area contributed by atoms with E-state index in [0.717, 1.165) is 51.5 Å². The van der Waals surface area contributed by atoms with Gasteiger partial charge in [-0.25, -0.2) is 0 Å². The first-order valence-electron chi connectivity index (χ1n) is 12.5. The molecule has 3 aliphatic rings. The number of piperidine rings is 1. The minimum Gasteiger partial charge on any atom is -0.314 e. The molecule has 0 aromatic carbocycles. The monoisotopic (exact) mass is 440 g/mol. The highest BCUT2D eigenvalue weighted by Crippen LogP contribution is 2.45. The van der Waals surface area contributed by atoms with Crippen LogP contribution in [0.1, 0.15) is 64.2 Å². The van der Waals surface area contributed by atoms with E-state index in [4.69, 9.17) is 0 Å². The maximum atomic E-state index is 12.9. The van der Waals surface area contributed by atoms with Gasteiger partial charge in [0, 0.05) is 25.0 Å². The Balaban J connectivity index is 1.07. The molecule has 3 fully saturated rings. The molecule has 4 rings (SSSR count). The highest BCUT2D eigenvalue weighted by atomic mass is 19.4. The SMILES string of the molecule is FC(F)(F)C1CCC(C2CCC(CNC3CCN(CCn4cccn4)CC3)CC2)CC1. The maximum absolute atomic E-state index is 12.9. The Bertz CT molecular complexity index is 624. The molecule has 1 aromatic rings. The average Bonchev–Trinajstić information content (AvgIpc) is 3.31. The predicted molar refractivity (Wildman–Crippen MR) is 117 cm³/mol. The van der Waals surface area contributed by atoms with Crippen LogP contribution in [0.25, 0.3) is 0 Å². The number of hydrogen-bond donors (Lipinski definition) is 1. The Kier molecular flexibility index (Phi) is 7.96. The molecule has 31 heavy (non-hydrogen) atoms. The summed E-state index contributed by atoms with van der Waals surface area (Å²) >= 11 is 0. The first kappa shape index (κ1) is 23.1. The lowest BCUT2D eigenvalue weighted by Crippen LogP contribution is -2.45. The van der Waals surface area contributed by atoms with Gasteiger partial charge >= 0.3 is 6.18 Å². The van der Waals surface area contributed by atoms with Crippen molar-refractivity contribution in [2.24, 2.45) is 23.7 Å². The third-order valence-electron chi connectivity index (χ3n) is 8.28. The van der Waals surface area contributed by atoms with Gasteiger partial charge in [0.1, 0.15) is 0 Å². The predicted octanol–water partition coefficient (Wildman–Crippen LogP) is 5.11. The van der Waals surface area contributed by atoms with E-state index < -0.39 is 12.1 Å². The number of nitrogens with zero attached hydrogens (tertiary/aromatic N) is 3. The zero-order valence-corrected chi connectivity index (χ0v) is 18.7. The normalized spacial score (nSPS) is 31.7. The molecule has 1 saturated heterocycles. The Morgan fingerprint density at radius 2 is 1.48 bits per heavy atom. The third kappa shape index (κ3) is 6.70. The van der Waals surface area contributed by atoms with Gasteiger partial charge in [-0.3, -0.25) is 4.68 Å². The van der Waals surface area contributed by atoms with Crippen molar-refractivity contribution in [1.29, 1.82) is 0 Å².